The van der Waals surface area contributed by atoms with Crippen molar-refractivity contribution in [1.29, 1.82) is 0 Å². The topological polar surface area (TPSA) is 70.6 Å². The molecule has 1 amide bonds. The summed E-state index contributed by atoms with van der Waals surface area (Å²) < 4.78 is 19.3. The van der Waals surface area contributed by atoms with Crippen molar-refractivity contribution in [3.8, 4) is 5.75 Å². The lowest BCUT2D eigenvalue weighted by molar-refractivity contribution is -0.138. The maximum atomic E-state index is 13.7. The zero-order valence-electron chi connectivity index (χ0n) is 16.5. The lowest BCUT2D eigenvalue weighted by Crippen LogP contribution is -2.52. The van der Waals surface area contributed by atoms with Gasteiger partial charge in [0.15, 0.2) is 17.7 Å². The molecule has 0 aliphatic carbocycles. The van der Waals surface area contributed by atoms with Crippen molar-refractivity contribution in [2.24, 2.45) is 0 Å². The number of aryl methyl sites for hydroxylation is 1. The first-order valence-electron chi connectivity index (χ1n) is 9.52. The van der Waals surface area contributed by atoms with E-state index in [1.165, 1.54) is 12.1 Å². The van der Waals surface area contributed by atoms with E-state index in [0.29, 0.717) is 32.1 Å². The second-order valence-electron chi connectivity index (χ2n) is 6.73. The van der Waals surface area contributed by atoms with Gasteiger partial charge in [-0.3, -0.25) is 4.79 Å². The number of anilines is 2. The summed E-state index contributed by atoms with van der Waals surface area (Å²) in [6.45, 7) is 8.74. The largest absolute Gasteiger partial charge is 0.478 e. The average Bonchev–Trinajstić information content (AvgIpc) is 2.69. The Morgan fingerprint density at radius 2 is 1.96 bits per heavy atom. The number of piperazine rings is 1. The van der Waals surface area contributed by atoms with E-state index in [0.717, 1.165) is 18.1 Å². The van der Waals surface area contributed by atoms with E-state index in [9.17, 15) is 9.18 Å². The SMILES string of the molecule is CCNc1cc(C)nc(N2CCN(C(=O)C(C)Oc3ccccc3F)CC2)n1. The highest BCUT2D eigenvalue weighted by Crippen LogP contribution is 2.19. The molecular weight excluding hydrogens is 361 g/mol. The Labute approximate surface area is 164 Å². The minimum absolute atomic E-state index is 0.0890. The molecule has 2 aromatic rings. The smallest absolute Gasteiger partial charge is 0.263 e. The number of para-hydroxylation sites is 1. The Bertz CT molecular complexity index is 824. The molecule has 8 heteroatoms. The van der Waals surface area contributed by atoms with Gasteiger partial charge in [0.25, 0.3) is 5.91 Å². The van der Waals surface area contributed by atoms with Gasteiger partial charge in [-0.15, -0.1) is 0 Å². The fraction of sp³-hybridized carbons (Fsp3) is 0.450. The quantitative estimate of drug-likeness (QED) is 0.821. The molecule has 1 aromatic carbocycles. The van der Waals surface area contributed by atoms with Crippen LogP contribution in [0.1, 0.15) is 19.5 Å². The summed E-state index contributed by atoms with van der Waals surface area (Å²) in [5.41, 5.74) is 0.895. The van der Waals surface area contributed by atoms with Crippen molar-refractivity contribution in [1.82, 2.24) is 14.9 Å². The van der Waals surface area contributed by atoms with Crippen molar-refractivity contribution >= 4 is 17.7 Å². The summed E-state index contributed by atoms with van der Waals surface area (Å²) in [6, 6.07) is 8.01. The van der Waals surface area contributed by atoms with Crippen LogP contribution in [0.4, 0.5) is 16.2 Å². The number of nitrogens with one attached hydrogen (secondary N) is 1. The van der Waals surface area contributed by atoms with Gasteiger partial charge < -0.3 is 19.9 Å². The minimum Gasteiger partial charge on any atom is -0.478 e. The molecule has 1 aliphatic rings. The van der Waals surface area contributed by atoms with E-state index >= 15 is 0 Å². The molecule has 0 bridgehead atoms. The Morgan fingerprint density at radius 3 is 2.64 bits per heavy atom. The molecule has 1 aromatic heterocycles. The predicted octanol–water partition coefficient (Wildman–Crippen LogP) is 2.47. The molecule has 0 spiro atoms. The number of halogens is 1. The van der Waals surface area contributed by atoms with Crippen LogP contribution in [0.5, 0.6) is 5.75 Å². The van der Waals surface area contributed by atoms with Crippen LogP contribution in [-0.2, 0) is 4.79 Å². The number of amides is 1. The van der Waals surface area contributed by atoms with Gasteiger partial charge in [0, 0.05) is 44.5 Å². The Morgan fingerprint density at radius 1 is 1.25 bits per heavy atom. The maximum absolute atomic E-state index is 13.7. The van der Waals surface area contributed by atoms with Crippen molar-refractivity contribution in [2.75, 3.05) is 42.9 Å². The molecule has 1 atom stereocenters. The number of rotatable bonds is 6. The number of aromatic nitrogens is 2. The maximum Gasteiger partial charge on any atom is 0.263 e. The fourth-order valence-corrected chi connectivity index (χ4v) is 3.13. The van der Waals surface area contributed by atoms with Gasteiger partial charge in [-0.2, -0.15) is 4.98 Å². The van der Waals surface area contributed by atoms with Gasteiger partial charge >= 0.3 is 0 Å². The Balaban J connectivity index is 1.59. The summed E-state index contributed by atoms with van der Waals surface area (Å²) in [5.74, 6) is 0.932. The summed E-state index contributed by atoms with van der Waals surface area (Å²) in [4.78, 5) is 25.5. The molecule has 2 heterocycles. The number of carbonyl (C=O) groups is 1. The van der Waals surface area contributed by atoms with Gasteiger partial charge in [-0.1, -0.05) is 12.1 Å². The molecule has 0 saturated carbocycles. The normalized spacial score (nSPS) is 15.3. The standard InChI is InChI=1S/C20H26FN5O2/c1-4-22-18-13-14(2)23-20(24-18)26-11-9-25(10-12-26)19(27)15(3)28-17-8-6-5-7-16(17)21/h5-8,13,15H,4,9-12H2,1-3H3,(H,22,23,24). The van der Waals surface area contributed by atoms with Gasteiger partial charge in [0.1, 0.15) is 5.82 Å². The van der Waals surface area contributed by atoms with E-state index in [2.05, 4.69) is 20.2 Å². The Kier molecular flexibility index (Phi) is 6.28. The first kappa shape index (κ1) is 19.9. The predicted molar refractivity (Wildman–Crippen MR) is 106 cm³/mol. The second-order valence-corrected chi connectivity index (χ2v) is 6.73. The molecule has 150 valence electrons. The van der Waals surface area contributed by atoms with Crippen LogP contribution in [0.2, 0.25) is 0 Å². The van der Waals surface area contributed by atoms with Gasteiger partial charge in [0.05, 0.1) is 0 Å². The first-order valence-corrected chi connectivity index (χ1v) is 9.52. The van der Waals surface area contributed by atoms with Crippen LogP contribution < -0.4 is 15.0 Å². The molecular formula is C20H26FN5O2. The van der Waals surface area contributed by atoms with Crippen molar-refractivity contribution in [3.63, 3.8) is 0 Å². The number of hydrogen-bond donors (Lipinski definition) is 1. The average molecular weight is 387 g/mol. The number of ether oxygens (including phenoxy) is 1. The van der Waals surface area contributed by atoms with E-state index in [4.69, 9.17) is 4.74 Å². The summed E-state index contributed by atoms with van der Waals surface area (Å²) in [6.07, 6.45) is -0.751. The van der Waals surface area contributed by atoms with E-state index < -0.39 is 11.9 Å². The molecule has 0 radical (unpaired) electrons. The van der Waals surface area contributed by atoms with Gasteiger partial charge in [0.2, 0.25) is 5.95 Å². The van der Waals surface area contributed by atoms with Crippen LogP contribution >= 0.6 is 0 Å². The molecule has 7 nitrogen and oxygen atoms in total. The Hall–Kier alpha value is -2.90. The number of carbonyl (C=O) groups excluding carboxylic acids is 1. The zero-order valence-corrected chi connectivity index (χ0v) is 16.5. The molecule has 1 saturated heterocycles. The van der Waals surface area contributed by atoms with Gasteiger partial charge in [-0.25, -0.2) is 9.37 Å². The van der Waals surface area contributed by atoms with E-state index in [1.54, 1.807) is 24.0 Å². The van der Waals surface area contributed by atoms with Gasteiger partial charge in [-0.05, 0) is 32.9 Å². The first-order chi connectivity index (χ1) is 13.5. The van der Waals surface area contributed by atoms with E-state index in [-0.39, 0.29) is 11.7 Å². The molecule has 1 fully saturated rings. The summed E-state index contributed by atoms with van der Waals surface area (Å²) in [7, 11) is 0. The summed E-state index contributed by atoms with van der Waals surface area (Å²) >= 11 is 0. The number of hydrogen-bond acceptors (Lipinski definition) is 6. The van der Waals surface area contributed by atoms with E-state index in [1.807, 2.05) is 19.9 Å². The number of benzene rings is 1. The highest BCUT2D eigenvalue weighted by Gasteiger charge is 2.27. The monoisotopic (exact) mass is 387 g/mol. The minimum atomic E-state index is -0.751. The highest BCUT2D eigenvalue weighted by molar-refractivity contribution is 5.81. The van der Waals surface area contributed by atoms with Crippen LogP contribution in [0, 0.1) is 12.7 Å². The lowest BCUT2D eigenvalue weighted by Gasteiger charge is -2.36. The zero-order chi connectivity index (χ0) is 20.1. The van der Waals surface area contributed by atoms with Crippen LogP contribution in [0.15, 0.2) is 30.3 Å². The van der Waals surface area contributed by atoms with Crippen molar-refractivity contribution < 1.29 is 13.9 Å². The van der Waals surface area contributed by atoms with Crippen molar-refractivity contribution in [2.45, 2.75) is 26.9 Å². The second kappa shape index (κ2) is 8.86. The third-order valence-corrected chi connectivity index (χ3v) is 4.56. The van der Waals surface area contributed by atoms with Crippen LogP contribution in [0.25, 0.3) is 0 Å². The number of nitrogens with zero attached hydrogens (tertiary/aromatic N) is 4. The third-order valence-electron chi connectivity index (χ3n) is 4.56. The fourth-order valence-electron chi connectivity index (χ4n) is 3.13. The molecule has 28 heavy (non-hydrogen) atoms. The van der Waals surface area contributed by atoms with Crippen molar-refractivity contribution in [3.05, 3.63) is 41.8 Å². The van der Waals surface area contributed by atoms with Crippen LogP contribution in [0.3, 0.4) is 0 Å². The molecule has 1 aliphatic heterocycles. The molecule has 3 rings (SSSR count). The summed E-state index contributed by atoms with van der Waals surface area (Å²) in [5, 5.41) is 3.21. The highest BCUT2D eigenvalue weighted by atomic mass is 19.1. The molecule has 1 unspecified atom stereocenters. The molecule has 1 N–H and O–H groups in total. The lowest BCUT2D eigenvalue weighted by atomic mass is 10.2. The van der Waals surface area contributed by atoms with Crippen LogP contribution in [-0.4, -0.2) is 59.6 Å². The third kappa shape index (κ3) is 4.68.